The van der Waals surface area contributed by atoms with Crippen molar-refractivity contribution >= 4 is 23.5 Å². The fraction of sp³-hybridized carbons (Fsp3) is 0.308. The van der Waals surface area contributed by atoms with Crippen LogP contribution >= 0.6 is 0 Å². The second-order valence-corrected chi connectivity index (χ2v) is 4.14. The van der Waals surface area contributed by atoms with Crippen molar-refractivity contribution in [1.29, 1.82) is 0 Å². The van der Waals surface area contributed by atoms with Gasteiger partial charge in [-0.2, -0.15) is 0 Å². The normalized spacial score (nSPS) is 11.6. The van der Waals surface area contributed by atoms with Crippen molar-refractivity contribution in [2.75, 3.05) is 18.6 Å². The summed E-state index contributed by atoms with van der Waals surface area (Å²) < 4.78 is 0. The molecule has 7 heteroatoms. The highest BCUT2D eigenvalue weighted by Gasteiger charge is 2.22. The van der Waals surface area contributed by atoms with Crippen LogP contribution in [0.15, 0.2) is 24.3 Å². The maximum absolute atomic E-state index is 12.0. The lowest BCUT2D eigenvalue weighted by Crippen LogP contribution is -2.43. The van der Waals surface area contributed by atoms with Crippen LogP contribution in [0, 0.1) is 0 Å². The van der Waals surface area contributed by atoms with E-state index in [1.807, 2.05) is 0 Å². The average molecular weight is 280 g/mol. The summed E-state index contributed by atoms with van der Waals surface area (Å²) in [5, 5.41) is 19.9. The van der Waals surface area contributed by atoms with Crippen LogP contribution in [0.1, 0.15) is 17.3 Å². The van der Waals surface area contributed by atoms with Crippen LogP contribution in [0.3, 0.4) is 0 Å². The van der Waals surface area contributed by atoms with Crippen LogP contribution < -0.4 is 10.2 Å². The predicted octanol–water partition coefficient (Wildman–Crippen LogP) is -0.155. The molecule has 1 atom stereocenters. The molecule has 0 aliphatic rings. The van der Waals surface area contributed by atoms with Gasteiger partial charge in [-0.1, -0.05) is 12.1 Å². The SMILES string of the molecule is CC(=O)N(C)c1ccccc1C(=O)N[C@@H](CO)C(=O)O. The Kier molecular flexibility index (Phi) is 5.22. The number of aliphatic hydroxyl groups excluding tert-OH is 1. The fourth-order valence-corrected chi connectivity index (χ4v) is 1.55. The Morgan fingerprint density at radius 3 is 2.40 bits per heavy atom. The Labute approximate surface area is 115 Å². The van der Waals surface area contributed by atoms with E-state index in [0.29, 0.717) is 5.69 Å². The van der Waals surface area contributed by atoms with E-state index in [-0.39, 0.29) is 11.5 Å². The van der Waals surface area contributed by atoms with E-state index in [4.69, 9.17) is 10.2 Å². The van der Waals surface area contributed by atoms with Crippen LogP contribution in [-0.2, 0) is 9.59 Å². The van der Waals surface area contributed by atoms with Crippen molar-refractivity contribution in [1.82, 2.24) is 5.32 Å². The largest absolute Gasteiger partial charge is 0.480 e. The number of anilines is 1. The molecule has 0 saturated carbocycles. The molecule has 0 bridgehead atoms. The molecule has 3 N–H and O–H groups in total. The van der Waals surface area contributed by atoms with Gasteiger partial charge in [-0.3, -0.25) is 9.59 Å². The summed E-state index contributed by atoms with van der Waals surface area (Å²) in [6, 6.07) is 4.91. The average Bonchev–Trinajstić information content (AvgIpc) is 2.43. The Morgan fingerprint density at radius 1 is 1.30 bits per heavy atom. The summed E-state index contributed by atoms with van der Waals surface area (Å²) in [6.07, 6.45) is 0. The zero-order chi connectivity index (χ0) is 15.3. The lowest BCUT2D eigenvalue weighted by atomic mass is 10.1. The second kappa shape index (κ2) is 6.67. The number of carboxylic acid groups (broad SMARTS) is 1. The van der Waals surface area contributed by atoms with Crippen molar-refractivity contribution in [3.8, 4) is 0 Å². The number of para-hydroxylation sites is 1. The molecule has 0 spiro atoms. The van der Waals surface area contributed by atoms with Crippen LogP contribution in [0.25, 0.3) is 0 Å². The van der Waals surface area contributed by atoms with Crippen molar-refractivity contribution in [2.45, 2.75) is 13.0 Å². The number of aliphatic carboxylic acids is 1. The van der Waals surface area contributed by atoms with Gasteiger partial charge in [0.25, 0.3) is 5.91 Å². The number of nitrogens with one attached hydrogen (secondary N) is 1. The molecule has 1 rings (SSSR count). The maximum Gasteiger partial charge on any atom is 0.328 e. The van der Waals surface area contributed by atoms with E-state index in [9.17, 15) is 14.4 Å². The Morgan fingerprint density at radius 2 is 1.90 bits per heavy atom. The minimum Gasteiger partial charge on any atom is -0.480 e. The smallest absolute Gasteiger partial charge is 0.328 e. The van der Waals surface area contributed by atoms with Crippen LogP contribution in [0.4, 0.5) is 5.69 Å². The first-order valence-corrected chi connectivity index (χ1v) is 5.86. The van der Waals surface area contributed by atoms with Gasteiger partial charge in [-0.15, -0.1) is 0 Å². The molecule has 0 aromatic heterocycles. The van der Waals surface area contributed by atoms with Gasteiger partial charge in [0.15, 0.2) is 6.04 Å². The Balaban J connectivity index is 3.04. The number of nitrogens with zero attached hydrogens (tertiary/aromatic N) is 1. The number of hydrogen-bond acceptors (Lipinski definition) is 4. The lowest BCUT2D eigenvalue weighted by molar-refractivity contribution is -0.140. The number of benzene rings is 1. The van der Waals surface area contributed by atoms with Crippen molar-refractivity contribution in [2.24, 2.45) is 0 Å². The van der Waals surface area contributed by atoms with Crippen molar-refractivity contribution < 1.29 is 24.6 Å². The Bertz CT molecular complexity index is 529. The van der Waals surface area contributed by atoms with E-state index in [0.717, 1.165) is 0 Å². The van der Waals surface area contributed by atoms with Crippen LogP contribution in [0.2, 0.25) is 0 Å². The first-order valence-electron chi connectivity index (χ1n) is 5.86. The van der Waals surface area contributed by atoms with Crippen molar-refractivity contribution in [3.05, 3.63) is 29.8 Å². The number of amides is 2. The van der Waals surface area contributed by atoms with E-state index >= 15 is 0 Å². The molecule has 108 valence electrons. The molecule has 0 aliphatic carbocycles. The molecule has 0 radical (unpaired) electrons. The molecular weight excluding hydrogens is 264 g/mol. The van der Waals surface area contributed by atoms with Gasteiger partial charge in [0.05, 0.1) is 17.9 Å². The summed E-state index contributed by atoms with van der Waals surface area (Å²) in [4.78, 5) is 35.5. The number of aliphatic hydroxyl groups is 1. The van der Waals surface area contributed by atoms with Gasteiger partial charge in [-0.25, -0.2) is 4.79 Å². The minimum atomic E-state index is -1.39. The molecule has 0 heterocycles. The van der Waals surface area contributed by atoms with Crippen LogP contribution in [-0.4, -0.2) is 47.7 Å². The fourth-order valence-electron chi connectivity index (χ4n) is 1.55. The molecule has 1 aromatic rings. The first-order chi connectivity index (χ1) is 9.38. The van der Waals surface area contributed by atoms with Gasteiger partial charge < -0.3 is 20.4 Å². The molecule has 7 nitrogen and oxygen atoms in total. The highest BCUT2D eigenvalue weighted by atomic mass is 16.4. The number of hydrogen-bond donors (Lipinski definition) is 3. The lowest BCUT2D eigenvalue weighted by Gasteiger charge is -2.19. The molecular formula is C13H16N2O5. The summed E-state index contributed by atoms with van der Waals surface area (Å²) in [6.45, 7) is 0.633. The van der Waals surface area contributed by atoms with E-state index < -0.39 is 24.5 Å². The highest BCUT2D eigenvalue weighted by molar-refractivity contribution is 6.05. The quantitative estimate of drug-likeness (QED) is 0.695. The molecule has 0 aliphatic heterocycles. The van der Waals surface area contributed by atoms with Gasteiger partial charge >= 0.3 is 5.97 Å². The number of rotatable bonds is 5. The van der Waals surface area contributed by atoms with Crippen molar-refractivity contribution in [3.63, 3.8) is 0 Å². The van der Waals surface area contributed by atoms with E-state index in [1.54, 1.807) is 18.2 Å². The second-order valence-electron chi connectivity index (χ2n) is 4.14. The molecule has 0 fully saturated rings. The molecule has 0 unspecified atom stereocenters. The van der Waals surface area contributed by atoms with Gasteiger partial charge in [0, 0.05) is 14.0 Å². The van der Waals surface area contributed by atoms with Gasteiger partial charge in [-0.05, 0) is 12.1 Å². The topological polar surface area (TPSA) is 107 Å². The summed E-state index contributed by atoms with van der Waals surface area (Å²) in [7, 11) is 1.51. The molecule has 0 saturated heterocycles. The predicted molar refractivity (Wildman–Crippen MR) is 71.5 cm³/mol. The van der Waals surface area contributed by atoms with E-state index in [1.165, 1.54) is 24.9 Å². The van der Waals surface area contributed by atoms with Gasteiger partial charge in [0.2, 0.25) is 5.91 Å². The summed E-state index contributed by atoms with van der Waals surface area (Å²) >= 11 is 0. The third-order valence-electron chi connectivity index (χ3n) is 2.77. The third-order valence-corrected chi connectivity index (χ3v) is 2.77. The molecule has 20 heavy (non-hydrogen) atoms. The zero-order valence-electron chi connectivity index (χ0n) is 11.2. The molecule has 2 amide bonds. The standard InChI is InChI=1S/C13H16N2O5/c1-8(17)15(2)11-6-4-3-5-9(11)12(18)14-10(7-16)13(19)20/h3-6,10,16H,7H2,1-2H3,(H,14,18)(H,19,20)/t10-/m0/s1. The van der Waals surface area contributed by atoms with E-state index in [2.05, 4.69) is 5.32 Å². The minimum absolute atomic E-state index is 0.157. The number of carboxylic acids is 1. The first kappa shape index (κ1) is 15.6. The molecule has 1 aromatic carbocycles. The number of carbonyl (C=O) groups is 3. The Hall–Kier alpha value is -2.41. The summed E-state index contributed by atoms with van der Waals surface area (Å²) in [5.74, 6) is -2.27. The van der Waals surface area contributed by atoms with Gasteiger partial charge in [0.1, 0.15) is 0 Å². The zero-order valence-corrected chi connectivity index (χ0v) is 11.2. The highest BCUT2D eigenvalue weighted by Crippen LogP contribution is 2.19. The monoisotopic (exact) mass is 280 g/mol. The third kappa shape index (κ3) is 3.55. The number of carbonyl (C=O) groups excluding carboxylic acids is 2. The van der Waals surface area contributed by atoms with Crippen LogP contribution in [0.5, 0.6) is 0 Å². The maximum atomic E-state index is 12.0. The summed E-state index contributed by atoms with van der Waals surface area (Å²) in [5.41, 5.74) is 0.518.